The van der Waals surface area contributed by atoms with Crippen LogP contribution in [0.5, 0.6) is 0 Å². The van der Waals surface area contributed by atoms with E-state index < -0.39 is 5.82 Å². The Kier molecular flexibility index (Phi) is 4.16. The van der Waals surface area contributed by atoms with Crippen molar-refractivity contribution in [3.63, 3.8) is 0 Å². The van der Waals surface area contributed by atoms with Crippen molar-refractivity contribution in [2.75, 3.05) is 5.73 Å². The van der Waals surface area contributed by atoms with Crippen LogP contribution in [0.15, 0.2) is 31.0 Å². The number of hydrogen-bond acceptors (Lipinski definition) is 6. The number of nitrogens with one attached hydrogen (secondary N) is 1. The molecule has 1 unspecified atom stereocenters. The summed E-state index contributed by atoms with van der Waals surface area (Å²) in [6.45, 7) is 1.76. The first-order valence-corrected chi connectivity index (χ1v) is 5.84. The third-order valence-corrected chi connectivity index (χ3v) is 2.51. The van der Waals surface area contributed by atoms with E-state index in [1.807, 2.05) is 0 Å². The van der Waals surface area contributed by atoms with Gasteiger partial charge in [-0.25, -0.2) is 14.4 Å². The predicted molar refractivity (Wildman–Crippen MR) is 72.0 cm³/mol. The summed E-state index contributed by atoms with van der Waals surface area (Å²) >= 11 is 0. The molecule has 104 valence electrons. The van der Waals surface area contributed by atoms with E-state index in [0.29, 0.717) is 11.1 Å². The molecule has 0 saturated carbocycles. The zero-order valence-electron chi connectivity index (χ0n) is 10.8. The summed E-state index contributed by atoms with van der Waals surface area (Å²) in [5.41, 5.74) is 12.7. The number of nitrogen functional groups attached to an aromatic ring is 1. The van der Waals surface area contributed by atoms with Crippen LogP contribution >= 0.6 is 0 Å². The number of rotatable bonds is 2. The van der Waals surface area contributed by atoms with Gasteiger partial charge in [0.2, 0.25) is 0 Å². The Morgan fingerprint density at radius 2 is 2.15 bits per heavy atom. The maximum Gasteiger partial charge on any atom is 0.164 e. The molecule has 0 radical (unpaired) electrons. The van der Waals surface area contributed by atoms with E-state index in [4.69, 9.17) is 11.5 Å². The van der Waals surface area contributed by atoms with E-state index >= 15 is 0 Å². The summed E-state index contributed by atoms with van der Waals surface area (Å²) in [6.07, 6.45) is 5.32. The van der Waals surface area contributed by atoms with Crippen LogP contribution in [0.25, 0.3) is 11.4 Å². The Bertz CT molecular complexity index is 652. The molecule has 2 rings (SSSR count). The van der Waals surface area contributed by atoms with Gasteiger partial charge in [0.25, 0.3) is 0 Å². The lowest BCUT2D eigenvalue weighted by atomic mass is 10.2. The zero-order valence-corrected chi connectivity index (χ0v) is 10.8. The Morgan fingerprint density at radius 1 is 1.35 bits per heavy atom. The highest BCUT2D eigenvalue weighted by molar-refractivity contribution is 5.54. The minimum Gasteiger partial charge on any atom is -0.383 e. The van der Waals surface area contributed by atoms with Gasteiger partial charge in [0.1, 0.15) is 18.0 Å². The predicted octanol–water partition coefficient (Wildman–Crippen LogP) is 1.13. The second kappa shape index (κ2) is 6.02. The van der Waals surface area contributed by atoms with Crippen molar-refractivity contribution in [3.8, 4) is 11.4 Å². The molecule has 2 aromatic heterocycles. The standard InChI is InChI=1S/C12H14FN7/c1-7(14)10-5-18-19-6-17-12(20-11(10)15)8-2-9(13)4-16-3-8/h2-7,18H,14H2,1H3,(H2,15,17,19,20). The highest BCUT2D eigenvalue weighted by Crippen LogP contribution is 2.17. The molecule has 0 spiro atoms. The van der Waals surface area contributed by atoms with Crippen LogP contribution in [0.1, 0.15) is 18.5 Å². The van der Waals surface area contributed by atoms with Crippen molar-refractivity contribution in [2.24, 2.45) is 5.73 Å². The number of aromatic nitrogens is 5. The average molecular weight is 275 g/mol. The van der Waals surface area contributed by atoms with E-state index in [0.717, 1.165) is 6.20 Å². The summed E-state index contributed by atoms with van der Waals surface area (Å²) in [5.74, 6) is -0.105. The SMILES string of the molecule is CC(N)c1c[nH]ncnc(-c2cncc(F)c2)nc1N. The number of nitrogens with two attached hydrogens (primary N) is 2. The van der Waals surface area contributed by atoms with Crippen LogP contribution in [-0.4, -0.2) is 25.1 Å². The van der Waals surface area contributed by atoms with Crippen LogP contribution in [0, 0.1) is 5.82 Å². The van der Waals surface area contributed by atoms with Crippen LogP contribution in [0.2, 0.25) is 0 Å². The van der Waals surface area contributed by atoms with Gasteiger partial charge in [0, 0.05) is 29.6 Å². The largest absolute Gasteiger partial charge is 0.383 e. The molecule has 2 heterocycles. The van der Waals surface area contributed by atoms with Gasteiger partial charge in [-0.2, -0.15) is 5.10 Å². The molecule has 0 bridgehead atoms. The van der Waals surface area contributed by atoms with Crippen LogP contribution in [0.3, 0.4) is 0 Å². The van der Waals surface area contributed by atoms with Crippen molar-refractivity contribution in [2.45, 2.75) is 13.0 Å². The fourth-order valence-electron chi connectivity index (χ4n) is 1.54. The average Bonchev–Trinajstić information content (AvgIpc) is 2.49. The molecule has 0 amide bonds. The Morgan fingerprint density at radius 3 is 2.85 bits per heavy atom. The number of H-pyrrole nitrogens is 1. The lowest BCUT2D eigenvalue weighted by Gasteiger charge is -2.05. The maximum atomic E-state index is 13.2. The first-order valence-electron chi connectivity index (χ1n) is 5.84. The van der Waals surface area contributed by atoms with Crippen molar-refractivity contribution in [3.05, 3.63) is 42.4 Å². The molecule has 0 aromatic carbocycles. The molecule has 2 aromatic rings. The van der Waals surface area contributed by atoms with E-state index in [9.17, 15) is 4.39 Å². The van der Waals surface area contributed by atoms with Gasteiger partial charge in [-0.05, 0) is 13.0 Å². The van der Waals surface area contributed by atoms with Crippen LogP contribution in [0.4, 0.5) is 10.2 Å². The monoisotopic (exact) mass is 275 g/mol. The van der Waals surface area contributed by atoms with Gasteiger partial charge in [-0.1, -0.05) is 0 Å². The van der Waals surface area contributed by atoms with Gasteiger partial charge in [-0.3, -0.25) is 10.1 Å². The number of hydrogen-bond donors (Lipinski definition) is 3. The Hall–Kier alpha value is -2.61. The highest BCUT2D eigenvalue weighted by atomic mass is 19.1. The molecule has 0 fully saturated rings. The third kappa shape index (κ3) is 3.23. The molecule has 0 aliphatic heterocycles. The number of aromatic amines is 1. The summed E-state index contributed by atoms with van der Waals surface area (Å²) in [5, 5.41) is 6.46. The second-order valence-electron chi connectivity index (χ2n) is 4.10. The first-order chi connectivity index (χ1) is 9.58. The summed E-state index contributed by atoms with van der Waals surface area (Å²) < 4.78 is 13.2. The first kappa shape index (κ1) is 13.8. The molecule has 5 N–H and O–H groups in total. The molecule has 1 atom stereocenters. The molecule has 8 heteroatoms. The minimum absolute atomic E-state index is 0.181. The molecule has 0 saturated heterocycles. The molecule has 0 aliphatic carbocycles. The fourth-order valence-corrected chi connectivity index (χ4v) is 1.54. The molecule has 0 aliphatic rings. The molecular weight excluding hydrogens is 261 g/mol. The van der Waals surface area contributed by atoms with Gasteiger partial charge >= 0.3 is 0 Å². The summed E-state index contributed by atoms with van der Waals surface area (Å²) in [6, 6.07) is 0.920. The normalized spacial score (nSPS) is 11.8. The van der Waals surface area contributed by atoms with Crippen molar-refractivity contribution < 1.29 is 4.39 Å². The highest BCUT2D eigenvalue weighted by Gasteiger charge is 2.06. The minimum atomic E-state index is -0.489. The van der Waals surface area contributed by atoms with E-state index in [-0.39, 0.29) is 17.7 Å². The molecule has 7 nitrogen and oxygen atoms in total. The van der Waals surface area contributed by atoms with E-state index in [2.05, 4.69) is 25.1 Å². The van der Waals surface area contributed by atoms with E-state index in [1.54, 1.807) is 13.1 Å². The van der Waals surface area contributed by atoms with Crippen molar-refractivity contribution in [1.29, 1.82) is 0 Å². The third-order valence-electron chi connectivity index (χ3n) is 2.51. The van der Waals surface area contributed by atoms with E-state index in [1.165, 1.54) is 18.6 Å². The number of nitrogens with zero attached hydrogens (tertiary/aromatic N) is 4. The lowest BCUT2D eigenvalue weighted by molar-refractivity contribution is 0.622. The van der Waals surface area contributed by atoms with Gasteiger partial charge < -0.3 is 11.5 Å². The number of halogens is 1. The topological polar surface area (TPSA) is 119 Å². The van der Waals surface area contributed by atoms with Gasteiger partial charge in [-0.15, -0.1) is 0 Å². The van der Waals surface area contributed by atoms with Gasteiger partial charge in [0.15, 0.2) is 5.82 Å². The Labute approximate surface area is 114 Å². The summed E-state index contributed by atoms with van der Waals surface area (Å²) in [7, 11) is 0. The fraction of sp³-hybridized carbons (Fsp3) is 0.167. The van der Waals surface area contributed by atoms with Crippen LogP contribution in [-0.2, 0) is 0 Å². The number of pyridine rings is 1. The van der Waals surface area contributed by atoms with Crippen molar-refractivity contribution >= 4 is 5.82 Å². The maximum absolute atomic E-state index is 13.2. The lowest BCUT2D eigenvalue weighted by Crippen LogP contribution is -2.08. The molecular formula is C12H14FN7. The van der Waals surface area contributed by atoms with Crippen LogP contribution < -0.4 is 11.5 Å². The van der Waals surface area contributed by atoms with Gasteiger partial charge in [0.05, 0.1) is 6.20 Å². The number of anilines is 1. The van der Waals surface area contributed by atoms with Crippen molar-refractivity contribution in [1.82, 2.24) is 25.1 Å². The quantitative estimate of drug-likeness (QED) is 0.755. The smallest absolute Gasteiger partial charge is 0.164 e. The summed E-state index contributed by atoms with van der Waals surface area (Å²) in [4.78, 5) is 11.9. The zero-order chi connectivity index (χ0) is 14.5. The second-order valence-corrected chi connectivity index (χ2v) is 4.10. The Balaban J connectivity index is 2.66. The molecule has 20 heavy (non-hydrogen) atoms.